The molecule has 64 valence electrons. The summed E-state index contributed by atoms with van der Waals surface area (Å²) in [6.45, 7) is 1.68. The summed E-state index contributed by atoms with van der Waals surface area (Å²) in [7, 11) is 0. The molecule has 1 aromatic carbocycles. The van der Waals surface area contributed by atoms with Gasteiger partial charge in [0, 0.05) is 10.0 Å². The van der Waals surface area contributed by atoms with Crippen LogP contribution in [0.4, 0.5) is 0 Å². The van der Waals surface area contributed by atoms with Gasteiger partial charge in [0.25, 0.3) is 0 Å². The Morgan fingerprint density at radius 3 is 2.58 bits per heavy atom. The fourth-order valence-corrected chi connectivity index (χ4v) is 1.39. The van der Waals surface area contributed by atoms with Crippen molar-refractivity contribution >= 4 is 21.7 Å². The zero-order valence-electron chi connectivity index (χ0n) is 6.75. The minimum absolute atomic E-state index is 0.0394. The number of benzene rings is 1. The minimum Gasteiger partial charge on any atom is -0.321 e. The molecule has 0 radical (unpaired) electrons. The van der Waals surface area contributed by atoms with Crippen LogP contribution in [-0.4, -0.2) is 11.8 Å². The van der Waals surface area contributed by atoms with E-state index in [2.05, 4.69) is 15.9 Å². The number of hydrogen-bond acceptors (Lipinski definition) is 2. The molecule has 0 aliphatic heterocycles. The monoisotopic (exact) mass is 227 g/mol. The van der Waals surface area contributed by atoms with Gasteiger partial charge in [0.15, 0.2) is 5.78 Å². The molecular formula is C9H10BrNO. The second-order valence-electron chi connectivity index (χ2n) is 2.63. The lowest BCUT2D eigenvalue weighted by molar-refractivity contribution is 0.0967. The van der Waals surface area contributed by atoms with Crippen molar-refractivity contribution < 1.29 is 4.79 Å². The largest absolute Gasteiger partial charge is 0.321 e. The van der Waals surface area contributed by atoms with Crippen LogP contribution < -0.4 is 5.73 Å². The van der Waals surface area contributed by atoms with Crippen LogP contribution in [0.5, 0.6) is 0 Å². The highest BCUT2D eigenvalue weighted by atomic mass is 79.9. The molecule has 0 aromatic heterocycles. The molecule has 2 nitrogen and oxygen atoms in total. The van der Waals surface area contributed by atoms with Gasteiger partial charge in [0.2, 0.25) is 0 Å². The Kier molecular flexibility index (Phi) is 3.00. The smallest absolute Gasteiger partial charge is 0.180 e. The Labute approximate surface area is 79.9 Å². The first-order valence-electron chi connectivity index (χ1n) is 3.67. The van der Waals surface area contributed by atoms with Crippen molar-refractivity contribution in [3.8, 4) is 0 Å². The molecule has 0 aliphatic carbocycles. The van der Waals surface area contributed by atoms with E-state index in [0.29, 0.717) is 5.56 Å². The van der Waals surface area contributed by atoms with Gasteiger partial charge in [-0.3, -0.25) is 4.79 Å². The molecule has 0 saturated carbocycles. The van der Waals surface area contributed by atoms with Gasteiger partial charge < -0.3 is 5.73 Å². The molecule has 3 heteroatoms. The standard InChI is InChI=1S/C9H10BrNO/c1-6(11)9(12)7-4-2-3-5-8(7)10/h2-6H,11H2,1H3/t6-/m1/s1. The molecule has 0 aliphatic rings. The molecule has 1 rings (SSSR count). The molecule has 0 fully saturated rings. The van der Waals surface area contributed by atoms with E-state index in [-0.39, 0.29) is 5.78 Å². The average Bonchev–Trinajstić information content (AvgIpc) is 2.04. The van der Waals surface area contributed by atoms with Crippen molar-refractivity contribution in [2.45, 2.75) is 13.0 Å². The second kappa shape index (κ2) is 3.83. The summed E-state index contributed by atoms with van der Waals surface area (Å²) in [4.78, 5) is 11.4. The van der Waals surface area contributed by atoms with Crippen molar-refractivity contribution in [1.29, 1.82) is 0 Å². The van der Waals surface area contributed by atoms with Gasteiger partial charge in [-0.1, -0.05) is 34.1 Å². The summed E-state index contributed by atoms with van der Waals surface area (Å²) in [6, 6.07) is 6.83. The summed E-state index contributed by atoms with van der Waals surface area (Å²) in [5.74, 6) is -0.0394. The van der Waals surface area contributed by atoms with Crippen molar-refractivity contribution in [3.63, 3.8) is 0 Å². The van der Waals surface area contributed by atoms with E-state index in [1.54, 1.807) is 13.0 Å². The highest BCUT2D eigenvalue weighted by Gasteiger charge is 2.12. The number of rotatable bonds is 2. The predicted octanol–water partition coefficient (Wildman–Crippen LogP) is 1.98. The molecule has 12 heavy (non-hydrogen) atoms. The maximum Gasteiger partial charge on any atom is 0.180 e. The van der Waals surface area contributed by atoms with Crippen LogP contribution in [0.2, 0.25) is 0 Å². The number of halogens is 1. The van der Waals surface area contributed by atoms with Crippen LogP contribution in [0.25, 0.3) is 0 Å². The lowest BCUT2D eigenvalue weighted by Crippen LogP contribution is -2.26. The fraction of sp³-hybridized carbons (Fsp3) is 0.222. The van der Waals surface area contributed by atoms with Crippen LogP contribution >= 0.6 is 15.9 Å². The molecule has 1 aromatic rings. The minimum atomic E-state index is -0.441. The summed E-state index contributed by atoms with van der Waals surface area (Å²) in [6.07, 6.45) is 0. The molecule has 1 atom stereocenters. The number of carbonyl (C=O) groups is 1. The molecule has 0 heterocycles. The number of ketones is 1. The Morgan fingerprint density at radius 1 is 1.50 bits per heavy atom. The van der Waals surface area contributed by atoms with E-state index in [9.17, 15) is 4.79 Å². The fourth-order valence-electron chi connectivity index (χ4n) is 0.906. The molecule has 0 bridgehead atoms. The maximum atomic E-state index is 11.4. The molecular weight excluding hydrogens is 218 g/mol. The Bertz CT molecular complexity index is 296. The summed E-state index contributed by atoms with van der Waals surface area (Å²) < 4.78 is 0.798. The van der Waals surface area contributed by atoms with Crippen LogP contribution in [-0.2, 0) is 0 Å². The molecule has 0 saturated heterocycles. The zero-order valence-corrected chi connectivity index (χ0v) is 8.34. The number of carbonyl (C=O) groups excluding carboxylic acids is 1. The third-order valence-corrected chi connectivity index (χ3v) is 2.24. The van der Waals surface area contributed by atoms with E-state index in [1.165, 1.54) is 0 Å². The van der Waals surface area contributed by atoms with Crippen molar-refractivity contribution in [2.75, 3.05) is 0 Å². The number of nitrogens with two attached hydrogens (primary N) is 1. The second-order valence-corrected chi connectivity index (χ2v) is 3.49. The molecule has 0 amide bonds. The summed E-state index contributed by atoms with van der Waals surface area (Å²) in [5.41, 5.74) is 6.11. The molecule has 0 spiro atoms. The maximum absolute atomic E-state index is 11.4. The average molecular weight is 228 g/mol. The third kappa shape index (κ3) is 1.93. The summed E-state index contributed by atoms with van der Waals surface area (Å²) >= 11 is 3.29. The lowest BCUT2D eigenvalue weighted by Gasteiger charge is -2.05. The number of Topliss-reactive ketones (excluding diaryl/α,β-unsaturated/α-hetero) is 1. The van der Waals surface area contributed by atoms with Gasteiger partial charge in [-0.2, -0.15) is 0 Å². The molecule has 2 N–H and O–H groups in total. The topological polar surface area (TPSA) is 43.1 Å². The third-order valence-electron chi connectivity index (χ3n) is 1.55. The van der Waals surface area contributed by atoms with Gasteiger partial charge in [-0.05, 0) is 13.0 Å². The van der Waals surface area contributed by atoms with Gasteiger partial charge >= 0.3 is 0 Å². The van der Waals surface area contributed by atoms with E-state index < -0.39 is 6.04 Å². The van der Waals surface area contributed by atoms with Crippen LogP contribution in [0.3, 0.4) is 0 Å². The van der Waals surface area contributed by atoms with E-state index in [4.69, 9.17) is 5.73 Å². The Morgan fingerprint density at radius 2 is 2.08 bits per heavy atom. The Hall–Kier alpha value is -0.670. The lowest BCUT2D eigenvalue weighted by atomic mass is 10.1. The Balaban J connectivity index is 3.03. The van der Waals surface area contributed by atoms with Crippen molar-refractivity contribution in [3.05, 3.63) is 34.3 Å². The highest BCUT2D eigenvalue weighted by molar-refractivity contribution is 9.10. The van der Waals surface area contributed by atoms with Crippen LogP contribution in [0.15, 0.2) is 28.7 Å². The predicted molar refractivity (Wildman–Crippen MR) is 52.1 cm³/mol. The first kappa shape index (κ1) is 9.42. The SMILES string of the molecule is C[C@@H](N)C(=O)c1ccccc1Br. The highest BCUT2D eigenvalue weighted by Crippen LogP contribution is 2.16. The van der Waals surface area contributed by atoms with Crippen molar-refractivity contribution in [2.24, 2.45) is 5.73 Å². The molecule has 0 unspecified atom stereocenters. The first-order chi connectivity index (χ1) is 5.63. The quantitative estimate of drug-likeness (QED) is 0.786. The normalized spacial score (nSPS) is 12.6. The van der Waals surface area contributed by atoms with E-state index in [0.717, 1.165) is 4.47 Å². The van der Waals surface area contributed by atoms with Crippen molar-refractivity contribution in [1.82, 2.24) is 0 Å². The van der Waals surface area contributed by atoms with E-state index >= 15 is 0 Å². The van der Waals surface area contributed by atoms with Crippen LogP contribution in [0, 0.1) is 0 Å². The first-order valence-corrected chi connectivity index (χ1v) is 4.46. The number of hydrogen-bond donors (Lipinski definition) is 1. The van der Waals surface area contributed by atoms with Gasteiger partial charge in [-0.15, -0.1) is 0 Å². The van der Waals surface area contributed by atoms with E-state index in [1.807, 2.05) is 18.2 Å². The van der Waals surface area contributed by atoms with Gasteiger partial charge in [-0.25, -0.2) is 0 Å². The van der Waals surface area contributed by atoms with Gasteiger partial charge in [0.05, 0.1) is 6.04 Å². The van der Waals surface area contributed by atoms with Crippen LogP contribution in [0.1, 0.15) is 17.3 Å². The van der Waals surface area contributed by atoms with Gasteiger partial charge in [0.1, 0.15) is 0 Å². The summed E-state index contributed by atoms with van der Waals surface area (Å²) in [5, 5.41) is 0. The zero-order chi connectivity index (χ0) is 9.14.